The van der Waals surface area contributed by atoms with Crippen LogP contribution in [0.25, 0.3) is 0 Å². The van der Waals surface area contributed by atoms with Gasteiger partial charge in [-0.15, -0.1) is 0 Å². The molecule has 212 valence electrons. The molecule has 1 aromatic rings. The molecule has 9 atom stereocenters. The molecule has 4 aliphatic carbocycles. The second kappa shape index (κ2) is 10.8. The second-order valence-corrected chi connectivity index (χ2v) is 14.8. The summed E-state index contributed by atoms with van der Waals surface area (Å²) in [6.07, 6.45) is 16.6. The Hall–Kier alpha value is -1.52. The molecular formula is C34H54N2O2. The van der Waals surface area contributed by atoms with Gasteiger partial charge >= 0.3 is 0 Å². The zero-order valence-corrected chi connectivity index (χ0v) is 24.7. The maximum atomic E-state index is 9.94. The molecule has 4 nitrogen and oxygen atoms in total. The zero-order chi connectivity index (χ0) is 27.2. The number of benzene rings is 1. The van der Waals surface area contributed by atoms with Gasteiger partial charge in [-0.1, -0.05) is 65.5 Å². The van der Waals surface area contributed by atoms with Crippen molar-refractivity contribution < 1.29 is 10.1 Å². The van der Waals surface area contributed by atoms with Crippen LogP contribution in [-0.4, -0.2) is 5.26 Å². The van der Waals surface area contributed by atoms with Gasteiger partial charge in [0.1, 0.15) is 6.10 Å². The molecule has 3 fully saturated rings. The summed E-state index contributed by atoms with van der Waals surface area (Å²) < 4.78 is 0. The Labute approximate surface area is 231 Å². The van der Waals surface area contributed by atoms with E-state index in [0.717, 1.165) is 53.9 Å². The van der Waals surface area contributed by atoms with Gasteiger partial charge in [-0.05, 0) is 127 Å². The molecule has 0 aromatic heterocycles. The highest BCUT2D eigenvalue weighted by Gasteiger charge is 2.59. The van der Waals surface area contributed by atoms with Crippen LogP contribution in [0.15, 0.2) is 29.8 Å². The second-order valence-electron chi connectivity index (χ2n) is 14.8. The Kier molecular flexibility index (Phi) is 7.97. The van der Waals surface area contributed by atoms with Crippen molar-refractivity contribution in [2.75, 3.05) is 11.5 Å². The molecule has 0 heterocycles. The molecule has 38 heavy (non-hydrogen) atoms. The quantitative estimate of drug-likeness (QED) is 0.138. The summed E-state index contributed by atoms with van der Waals surface area (Å²) in [6.45, 7) is 12.6. The Balaban J connectivity index is 1.31. The van der Waals surface area contributed by atoms with Crippen molar-refractivity contribution in [2.24, 2.45) is 52.3 Å². The fourth-order valence-electron chi connectivity index (χ4n) is 10.3. The number of nitrogen functional groups attached to an aromatic ring is 2. The van der Waals surface area contributed by atoms with Crippen LogP contribution in [0.4, 0.5) is 11.4 Å². The molecule has 5 N–H and O–H groups in total. The fraction of sp³-hybridized carbons (Fsp3) is 0.765. The van der Waals surface area contributed by atoms with Gasteiger partial charge in [-0.3, -0.25) is 5.26 Å². The molecule has 4 heteroatoms. The standard InChI is InChI=1S/C34H54N2O2/c1-21(2)7-6-8-22(3)29-11-12-30-28-10-9-25-17-23(32(38-37)24-18-26(35)20-27(36)19-24)13-15-33(25,4)31(28)14-16-34(29,30)5/h9,18-23,28-32,37H,6-8,10-17,35-36H2,1-5H3. The molecule has 1 aromatic carbocycles. The highest BCUT2D eigenvalue weighted by atomic mass is 17.1. The summed E-state index contributed by atoms with van der Waals surface area (Å²) in [7, 11) is 0. The average Bonchev–Trinajstić information content (AvgIpc) is 3.21. The minimum absolute atomic E-state index is 0.244. The minimum atomic E-state index is -0.383. The number of nitrogens with two attached hydrogens (primary N) is 2. The SMILES string of the molecule is CC(C)CCCC(C)C1CCC2C3CC=C4CC(C(OO)c5cc(N)cc(N)c5)CCC4(C)C3CCC12C. The van der Waals surface area contributed by atoms with E-state index < -0.39 is 0 Å². The first kappa shape index (κ1) is 28.0. The number of fused-ring (bicyclic) bond motifs is 5. The van der Waals surface area contributed by atoms with Crippen LogP contribution < -0.4 is 11.5 Å². The summed E-state index contributed by atoms with van der Waals surface area (Å²) >= 11 is 0. The predicted molar refractivity (Wildman–Crippen MR) is 158 cm³/mol. The van der Waals surface area contributed by atoms with Crippen LogP contribution in [0.3, 0.4) is 0 Å². The zero-order valence-electron chi connectivity index (χ0n) is 24.7. The van der Waals surface area contributed by atoms with Gasteiger partial charge in [0.2, 0.25) is 0 Å². The van der Waals surface area contributed by atoms with Crippen molar-refractivity contribution in [1.82, 2.24) is 0 Å². The Morgan fingerprint density at radius 1 is 0.947 bits per heavy atom. The summed E-state index contributed by atoms with van der Waals surface area (Å²) in [4.78, 5) is 5.11. The van der Waals surface area contributed by atoms with Crippen LogP contribution in [0, 0.1) is 52.3 Å². The normalized spacial score (nSPS) is 38.2. The minimum Gasteiger partial charge on any atom is -0.399 e. The molecule has 4 aliphatic rings. The van der Waals surface area contributed by atoms with E-state index in [1.807, 2.05) is 12.1 Å². The Morgan fingerprint density at radius 2 is 1.68 bits per heavy atom. The van der Waals surface area contributed by atoms with Gasteiger partial charge in [0.15, 0.2) is 0 Å². The van der Waals surface area contributed by atoms with Crippen LogP contribution in [0.1, 0.15) is 117 Å². The maximum absolute atomic E-state index is 9.94. The van der Waals surface area contributed by atoms with E-state index in [4.69, 9.17) is 16.4 Å². The lowest BCUT2D eigenvalue weighted by Crippen LogP contribution is -2.50. The summed E-state index contributed by atoms with van der Waals surface area (Å²) in [6, 6.07) is 5.56. The van der Waals surface area contributed by atoms with Gasteiger partial charge < -0.3 is 11.5 Å². The number of allylic oxidation sites excluding steroid dienone is 2. The van der Waals surface area contributed by atoms with Crippen LogP contribution >= 0.6 is 0 Å². The third-order valence-corrected chi connectivity index (χ3v) is 12.2. The van der Waals surface area contributed by atoms with Crippen molar-refractivity contribution in [3.05, 3.63) is 35.4 Å². The lowest BCUT2D eigenvalue weighted by Gasteiger charge is -2.59. The number of anilines is 2. The van der Waals surface area contributed by atoms with Crippen molar-refractivity contribution in [2.45, 2.75) is 111 Å². The third-order valence-electron chi connectivity index (χ3n) is 12.2. The van der Waals surface area contributed by atoms with E-state index in [-0.39, 0.29) is 17.4 Å². The number of rotatable bonds is 8. The van der Waals surface area contributed by atoms with Gasteiger partial charge in [0, 0.05) is 11.4 Å². The summed E-state index contributed by atoms with van der Waals surface area (Å²) in [5, 5.41) is 9.94. The Morgan fingerprint density at radius 3 is 2.37 bits per heavy atom. The van der Waals surface area contributed by atoms with E-state index in [1.165, 1.54) is 57.8 Å². The number of hydrogen-bond donors (Lipinski definition) is 3. The van der Waals surface area contributed by atoms with Crippen LogP contribution in [0.2, 0.25) is 0 Å². The van der Waals surface area contributed by atoms with Gasteiger partial charge in [0.25, 0.3) is 0 Å². The van der Waals surface area contributed by atoms with Gasteiger partial charge in [-0.25, -0.2) is 4.89 Å². The topological polar surface area (TPSA) is 81.5 Å². The maximum Gasteiger partial charge on any atom is 0.121 e. The number of hydrogen-bond acceptors (Lipinski definition) is 4. The Bertz CT molecular complexity index is 999. The lowest BCUT2D eigenvalue weighted by atomic mass is 9.46. The molecule has 0 radical (unpaired) electrons. The first-order valence-corrected chi connectivity index (χ1v) is 15.7. The van der Waals surface area contributed by atoms with Crippen LogP contribution in [-0.2, 0) is 4.89 Å². The smallest absolute Gasteiger partial charge is 0.121 e. The predicted octanol–water partition coefficient (Wildman–Crippen LogP) is 9.04. The molecule has 5 rings (SSSR count). The molecule has 9 unspecified atom stereocenters. The third kappa shape index (κ3) is 4.94. The first-order chi connectivity index (χ1) is 18.1. The van der Waals surface area contributed by atoms with E-state index in [9.17, 15) is 5.26 Å². The molecule has 0 amide bonds. The molecule has 0 bridgehead atoms. The van der Waals surface area contributed by atoms with E-state index in [1.54, 1.807) is 11.6 Å². The average molecular weight is 523 g/mol. The summed E-state index contributed by atoms with van der Waals surface area (Å²) in [5.41, 5.74) is 16.7. The van der Waals surface area contributed by atoms with Crippen LogP contribution in [0.5, 0.6) is 0 Å². The van der Waals surface area contributed by atoms with Crippen molar-refractivity contribution in [1.29, 1.82) is 0 Å². The molecule has 3 saturated carbocycles. The first-order valence-electron chi connectivity index (χ1n) is 15.7. The fourth-order valence-corrected chi connectivity index (χ4v) is 10.3. The lowest BCUT2D eigenvalue weighted by molar-refractivity contribution is -0.296. The molecule has 0 saturated heterocycles. The highest BCUT2D eigenvalue weighted by molar-refractivity contribution is 5.55. The van der Waals surface area contributed by atoms with Crippen molar-refractivity contribution >= 4 is 11.4 Å². The van der Waals surface area contributed by atoms with E-state index in [2.05, 4.69) is 40.7 Å². The molecule has 0 spiro atoms. The molecule has 0 aliphatic heterocycles. The van der Waals surface area contributed by atoms with E-state index in [0.29, 0.717) is 16.8 Å². The van der Waals surface area contributed by atoms with Crippen molar-refractivity contribution in [3.8, 4) is 0 Å². The summed E-state index contributed by atoms with van der Waals surface area (Å²) in [5.74, 6) is 5.36. The highest BCUT2D eigenvalue weighted by Crippen LogP contribution is 2.68. The largest absolute Gasteiger partial charge is 0.399 e. The van der Waals surface area contributed by atoms with Gasteiger partial charge in [-0.2, -0.15) is 0 Å². The van der Waals surface area contributed by atoms with Gasteiger partial charge in [0.05, 0.1) is 0 Å². The van der Waals surface area contributed by atoms with Crippen molar-refractivity contribution in [3.63, 3.8) is 0 Å². The van der Waals surface area contributed by atoms with E-state index >= 15 is 0 Å². The molecular weight excluding hydrogens is 468 g/mol. The monoisotopic (exact) mass is 522 g/mol.